The second-order valence-electron chi connectivity index (χ2n) is 3.00. The Morgan fingerprint density at radius 1 is 1.77 bits per heavy atom. The zero-order valence-electron chi connectivity index (χ0n) is 7.48. The predicted octanol–water partition coefficient (Wildman–Crippen LogP) is 0.589. The van der Waals surface area contributed by atoms with Crippen LogP contribution in [0.2, 0.25) is 0 Å². The minimum atomic E-state index is -2.44. The second-order valence-corrected chi connectivity index (χ2v) is 3.00. The van der Waals surface area contributed by atoms with E-state index in [4.69, 9.17) is 0 Å². The SMILES string of the molecule is CCOC(=O)C1(F)CCNCC1F. The Labute approximate surface area is 75.4 Å². The minimum absolute atomic E-state index is 0.0741. The lowest BCUT2D eigenvalue weighted by molar-refractivity contribution is -0.164. The fourth-order valence-electron chi connectivity index (χ4n) is 1.30. The van der Waals surface area contributed by atoms with Crippen LogP contribution in [0.3, 0.4) is 0 Å². The number of rotatable bonds is 2. The van der Waals surface area contributed by atoms with Gasteiger partial charge in [-0.3, -0.25) is 0 Å². The summed E-state index contributed by atoms with van der Waals surface area (Å²) >= 11 is 0. The van der Waals surface area contributed by atoms with E-state index in [0.29, 0.717) is 6.54 Å². The van der Waals surface area contributed by atoms with E-state index in [0.717, 1.165) is 0 Å². The number of carbonyl (C=O) groups is 1. The molecule has 1 saturated heterocycles. The Balaban J connectivity index is 2.65. The molecule has 0 saturated carbocycles. The summed E-state index contributed by atoms with van der Waals surface area (Å²) in [6.07, 6.45) is -1.97. The molecule has 2 unspecified atom stereocenters. The molecule has 1 aliphatic rings. The average Bonchev–Trinajstić information content (AvgIpc) is 2.11. The molecule has 0 aromatic rings. The van der Waals surface area contributed by atoms with Gasteiger partial charge in [0.1, 0.15) is 0 Å². The lowest BCUT2D eigenvalue weighted by Gasteiger charge is -2.30. The van der Waals surface area contributed by atoms with Gasteiger partial charge in [0.05, 0.1) is 6.61 Å². The quantitative estimate of drug-likeness (QED) is 0.652. The number of alkyl halides is 2. The standard InChI is InChI=1S/C8H13F2NO2/c1-2-13-7(12)8(10)3-4-11-5-6(8)9/h6,11H,2-5H2,1H3. The van der Waals surface area contributed by atoms with Gasteiger partial charge in [0.25, 0.3) is 0 Å². The summed E-state index contributed by atoms with van der Waals surface area (Å²) in [7, 11) is 0. The van der Waals surface area contributed by atoms with E-state index in [1.165, 1.54) is 0 Å². The van der Waals surface area contributed by atoms with Gasteiger partial charge >= 0.3 is 5.97 Å². The summed E-state index contributed by atoms with van der Waals surface area (Å²) < 4.78 is 31.2. The third-order valence-electron chi connectivity index (χ3n) is 2.10. The Morgan fingerprint density at radius 2 is 2.46 bits per heavy atom. The summed E-state index contributed by atoms with van der Waals surface area (Å²) in [4.78, 5) is 11.1. The van der Waals surface area contributed by atoms with Crippen LogP contribution in [0.5, 0.6) is 0 Å². The molecular weight excluding hydrogens is 180 g/mol. The van der Waals surface area contributed by atoms with E-state index in [9.17, 15) is 13.6 Å². The van der Waals surface area contributed by atoms with E-state index in [1.807, 2.05) is 0 Å². The number of esters is 1. The largest absolute Gasteiger partial charge is 0.464 e. The number of carbonyl (C=O) groups excluding carboxylic acids is 1. The minimum Gasteiger partial charge on any atom is -0.464 e. The lowest BCUT2D eigenvalue weighted by Crippen LogP contribution is -2.54. The lowest BCUT2D eigenvalue weighted by atomic mass is 9.93. The highest BCUT2D eigenvalue weighted by molar-refractivity contribution is 5.80. The van der Waals surface area contributed by atoms with Crippen molar-refractivity contribution >= 4 is 5.97 Å². The number of hydrogen-bond acceptors (Lipinski definition) is 3. The van der Waals surface area contributed by atoms with Crippen molar-refractivity contribution < 1.29 is 18.3 Å². The molecule has 1 aliphatic heterocycles. The molecule has 1 heterocycles. The van der Waals surface area contributed by atoms with Crippen molar-refractivity contribution in [1.29, 1.82) is 0 Å². The first-order chi connectivity index (χ1) is 6.11. The maximum atomic E-state index is 13.7. The molecule has 0 spiro atoms. The summed E-state index contributed by atoms with van der Waals surface area (Å²) in [5.41, 5.74) is -2.44. The van der Waals surface area contributed by atoms with E-state index in [2.05, 4.69) is 10.1 Å². The van der Waals surface area contributed by atoms with Gasteiger partial charge in [0, 0.05) is 13.0 Å². The first-order valence-corrected chi connectivity index (χ1v) is 4.32. The molecule has 0 aliphatic carbocycles. The van der Waals surface area contributed by atoms with Crippen LogP contribution in [0.4, 0.5) is 8.78 Å². The molecule has 0 bridgehead atoms. The second kappa shape index (κ2) is 4.00. The number of hydrogen-bond donors (Lipinski definition) is 1. The molecule has 2 atom stereocenters. The van der Waals surface area contributed by atoms with Crippen LogP contribution in [0, 0.1) is 0 Å². The van der Waals surface area contributed by atoms with Crippen LogP contribution in [-0.4, -0.2) is 37.5 Å². The average molecular weight is 193 g/mol. The first kappa shape index (κ1) is 10.4. The van der Waals surface area contributed by atoms with E-state index < -0.39 is 17.8 Å². The Kier molecular flexibility index (Phi) is 3.19. The highest BCUT2D eigenvalue weighted by atomic mass is 19.2. The van der Waals surface area contributed by atoms with Crippen LogP contribution >= 0.6 is 0 Å². The molecule has 5 heteroatoms. The summed E-state index contributed by atoms with van der Waals surface area (Å²) in [5, 5.41) is 2.66. The molecule has 1 fully saturated rings. The molecule has 13 heavy (non-hydrogen) atoms. The van der Waals surface area contributed by atoms with Crippen molar-refractivity contribution in [2.24, 2.45) is 0 Å². The number of piperidine rings is 1. The zero-order valence-corrected chi connectivity index (χ0v) is 7.48. The van der Waals surface area contributed by atoms with E-state index >= 15 is 0 Å². The monoisotopic (exact) mass is 193 g/mol. The van der Waals surface area contributed by atoms with Crippen molar-refractivity contribution in [3.63, 3.8) is 0 Å². The summed E-state index contributed by atoms with van der Waals surface area (Å²) in [6, 6.07) is 0. The third-order valence-corrected chi connectivity index (χ3v) is 2.10. The van der Waals surface area contributed by atoms with Crippen LogP contribution in [0.25, 0.3) is 0 Å². The summed E-state index contributed by atoms with van der Waals surface area (Å²) in [6.45, 7) is 1.81. The Morgan fingerprint density at radius 3 is 3.00 bits per heavy atom. The van der Waals surface area contributed by atoms with Gasteiger partial charge in [0.2, 0.25) is 5.67 Å². The third kappa shape index (κ3) is 1.96. The van der Waals surface area contributed by atoms with Gasteiger partial charge in [0.15, 0.2) is 6.17 Å². The fraction of sp³-hybridized carbons (Fsp3) is 0.875. The van der Waals surface area contributed by atoms with Crippen LogP contribution in [0.15, 0.2) is 0 Å². The molecule has 76 valence electrons. The topological polar surface area (TPSA) is 38.3 Å². The Bertz CT molecular complexity index is 201. The van der Waals surface area contributed by atoms with Crippen LogP contribution in [-0.2, 0) is 9.53 Å². The van der Waals surface area contributed by atoms with Gasteiger partial charge in [-0.15, -0.1) is 0 Å². The highest BCUT2D eigenvalue weighted by Gasteiger charge is 2.49. The van der Waals surface area contributed by atoms with E-state index in [1.54, 1.807) is 6.92 Å². The van der Waals surface area contributed by atoms with Crippen molar-refractivity contribution in [2.45, 2.75) is 25.2 Å². The van der Waals surface area contributed by atoms with Crippen LogP contribution < -0.4 is 5.32 Å². The smallest absolute Gasteiger partial charge is 0.347 e. The van der Waals surface area contributed by atoms with Gasteiger partial charge in [-0.1, -0.05) is 0 Å². The number of halogens is 2. The predicted molar refractivity (Wildman–Crippen MR) is 42.9 cm³/mol. The highest BCUT2D eigenvalue weighted by Crippen LogP contribution is 2.27. The first-order valence-electron chi connectivity index (χ1n) is 4.32. The van der Waals surface area contributed by atoms with E-state index in [-0.39, 0.29) is 19.6 Å². The van der Waals surface area contributed by atoms with Gasteiger partial charge in [-0.25, -0.2) is 13.6 Å². The number of nitrogens with one attached hydrogen (secondary N) is 1. The van der Waals surface area contributed by atoms with Crippen molar-refractivity contribution in [3.8, 4) is 0 Å². The van der Waals surface area contributed by atoms with Gasteiger partial charge < -0.3 is 10.1 Å². The molecular formula is C8H13F2NO2. The molecule has 0 amide bonds. The maximum Gasteiger partial charge on any atom is 0.347 e. The zero-order chi connectivity index (χ0) is 9.90. The van der Waals surface area contributed by atoms with Crippen molar-refractivity contribution in [2.75, 3.05) is 19.7 Å². The molecule has 3 nitrogen and oxygen atoms in total. The Hall–Kier alpha value is -0.710. The summed E-state index contributed by atoms with van der Waals surface area (Å²) in [5.74, 6) is -1.08. The maximum absolute atomic E-state index is 13.7. The fourth-order valence-corrected chi connectivity index (χ4v) is 1.30. The van der Waals surface area contributed by atoms with Crippen molar-refractivity contribution in [3.05, 3.63) is 0 Å². The van der Waals surface area contributed by atoms with Gasteiger partial charge in [-0.05, 0) is 13.5 Å². The molecule has 0 aromatic carbocycles. The van der Waals surface area contributed by atoms with Crippen LogP contribution in [0.1, 0.15) is 13.3 Å². The van der Waals surface area contributed by atoms with Crippen molar-refractivity contribution in [1.82, 2.24) is 5.32 Å². The molecule has 0 radical (unpaired) electrons. The molecule has 1 N–H and O–H groups in total. The molecule has 1 rings (SSSR count). The molecule has 0 aromatic heterocycles. The normalized spacial score (nSPS) is 34.2. The van der Waals surface area contributed by atoms with Gasteiger partial charge in [-0.2, -0.15) is 0 Å². The number of ether oxygens (including phenoxy) is 1.